The molecule has 0 fully saturated rings. The van der Waals surface area contributed by atoms with Crippen molar-refractivity contribution in [3.8, 4) is 0 Å². The molecule has 0 aliphatic rings. The van der Waals surface area contributed by atoms with E-state index in [0.717, 1.165) is 5.69 Å². The summed E-state index contributed by atoms with van der Waals surface area (Å²) in [5, 5.41) is 2.76. The van der Waals surface area contributed by atoms with Gasteiger partial charge in [0.15, 0.2) is 0 Å². The maximum Gasteiger partial charge on any atom is 0.257 e. The minimum absolute atomic E-state index is 0.162. The van der Waals surface area contributed by atoms with Crippen molar-refractivity contribution < 1.29 is 4.79 Å². The first-order chi connectivity index (χ1) is 7.25. The number of nitrogens with one attached hydrogen (secondary N) is 1. The molecule has 0 aliphatic heterocycles. The predicted octanol–water partition coefficient (Wildman–Crippen LogP) is 1.45. The minimum Gasteiger partial charge on any atom is -0.340 e. The normalized spacial score (nSPS) is 9.87. The number of rotatable bonds is 2. The van der Waals surface area contributed by atoms with Crippen LogP contribution < -0.4 is 11.2 Å². The lowest BCUT2D eigenvalue weighted by Gasteiger charge is -2.02. The Bertz CT molecular complexity index is 462. The number of benzene rings is 1. The summed E-state index contributed by atoms with van der Waals surface area (Å²) in [7, 11) is 0. The third-order valence-electron chi connectivity index (χ3n) is 2.01. The highest BCUT2D eigenvalue weighted by molar-refractivity contribution is 6.04. The van der Waals surface area contributed by atoms with Crippen molar-refractivity contribution in [2.45, 2.75) is 0 Å². The van der Waals surface area contributed by atoms with Crippen LogP contribution in [0.3, 0.4) is 0 Å². The lowest BCUT2D eigenvalue weighted by molar-refractivity contribution is 0.102. The number of nitrogen functional groups attached to an aromatic ring is 1. The van der Waals surface area contributed by atoms with E-state index >= 15 is 0 Å². The summed E-state index contributed by atoms with van der Waals surface area (Å²) in [6.07, 6.45) is 3.19. The van der Waals surface area contributed by atoms with Gasteiger partial charge >= 0.3 is 0 Å². The number of carbonyl (C=O) groups is 1. The van der Waals surface area contributed by atoms with Crippen LogP contribution in [0.15, 0.2) is 48.8 Å². The topological polar surface area (TPSA) is 60.0 Å². The molecule has 2 rings (SSSR count). The Hall–Kier alpha value is -2.23. The number of nitrogens with zero attached hydrogens (tertiary/aromatic N) is 1. The summed E-state index contributed by atoms with van der Waals surface area (Å²) in [6, 6.07) is 11.0. The second kappa shape index (κ2) is 3.88. The van der Waals surface area contributed by atoms with E-state index in [2.05, 4.69) is 5.32 Å². The zero-order valence-corrected chi connectivity index (χ0v) is 8.05. The van der Waals surface area contributed by atoms with Crippen molar-refractivity contribution in [3.63, 3.8) is 0 Å². The quantitative estimate of drug-likeness (QED) is 0.722. The number of anilines is 1. The molecule has 0 saturated carbocycles. The molecule has 0 atom stereocenters. The van der Waals surface area contributed by atoms with Gasteiger partial charge < -0.3 is 11.2 Å². The number of hydrogen-bond acceptors (Lipinski definition) is 2. The second-order valence-corrected chi connectivity index (χ2v) is 3.17. The summed E-state index contributed by atoms with van der Waals surface area (Å²) in [5.41, 5.74) is 1.31. The number of hydrogen-bond donors (Lipinski definition) is 2. The number of para-hydroxylation sites is 1. The third-order valence-corrected chi connectivity index (χ3v) is 2.01. The summed E-state index contributed by atoms with van der Waals surface area (Å²) >= 11 is 0. The molecule has 4 nitrogen and oxygen atoms in total. The van der Waals surface area contributed by atoms with Crippen LogP contribution >= 0.6 is 0 Å². The molecule has 15 heavy (non-hydrogen) atoms. The Labute approximate surface area is 87.3 Å². The minimum atomic E-state index is -0.162. The van der Waals surface area contributed by atoms with E-state index in [1.54, 1.807) is 18.5 Å². The average molecular weight is 201 g/mol. The molecule has 1 aromatic carbocycles. The van der Waals surface area contributed by atoms with Crippen LogP contribution in [0.25, 0.3) is 0 Å². The number of aromatic nitrogens is 1. The van der Waals surface area contributed by atoms with Crippen molar-refractivity contribution in [1.29, 1.82) is 0 Å². The lowest BCUT2D eigenvalue weighted by atomic mass is 10.3. The Kier molecular flexibility index (Phi) is 2.41. The Morgan fingerprint density at radius 1 is 1.20 bits per heavy atom. The molecule has 4 heteroatoms. The highest BCUT2D eigenvalue weighted by atomic mass is 16.1. The van der Waals surface area contributed by atoms with Gasteiger partial charge in [-0.15, -0.1) is 0 Å². The molecular weight excluding hydrogens is 190 g/mol. The fourth-order valence-corrected chi connectivity index (χ4v) is 1.27. The molecular formula is C11H11N3O. The Balaban J connectivity index is 2.11. The van der Waals surface area contributed by atoms with E-state index in [4.69, 9.17) is 5.84 Å². The predicted molar refractivity (Wildman–Crippen MR) is 59.0 cm³/mol. The van der Waals surface area contributed by atoms with Crippen LogP contribution in [-0.4, -0.2) is 10.6 Å². The molecule has 0 saturated heterocycles. The van der Waals surface area contributed by atoms with Gasteiger partial charge in [0.25, 0.3) is 5.91 Å². The van der Waals surface area contributed by atoms with Crippen molar-refractivity contribution in [3.05, 3.63) is 54.4 Å². The van der Waals surface area contributed by atoms with Gasteiger partial charge in [0.05, 0.1) is 5.56 Å². The average Bonchev–Trinajstić information content (AvgIpc) is 2.66. The zero-order valence-electron chi connectivity index (χ0n) is 8.05. The van der Waals surface area contributed by atoms with Crippen molar-refractivity contribution in [1.82, 2.24) is 4.68 Å². The lowest BCUT2D eigenvalue weighted by Crippen LogP contribution is -2.11. The van der Waals surface area contributed by atoms with E-state index in [1.807, 2.05) is 30.3 Å². The molecule has 3 N–H and O–H groups in total. The van der Waals surface area contributed by atoms with Gasteiger partial charge in [0.2, 0.25) is 0 Å². The van der Waals surface area contributed by atoms with Gasteiger partial charge in [-0.2, -0.15) is 0 Å². The largest absolute Gasteiger partial charge is 0.340 e. The van der Waals surface area contributed by atoms with Gasteiger partial charge in [-0.1, -0.05) is 18.2 Å². The molecule has 0 unspecified atom stereocenters. The van der Waals surface area contributed by atoms with Gasteiger partial charge in [-0.25, -0.2) is 0 Å². The molecule has 1 amide bonds. The van der Waals surface area contributed by atoms with Crippen LogP contribution in [0.2, 0.25) is 0 Å². The van der Waals surface area contributed by atoms with E-state index in [9.17, 15) is 4.79 Å². The second-order valence-electron chi connectivity index (χ2n) is 3.17. The van der Waals surface area contributed by atoms with Crippen LogP contribution in [0.1, 0.15) is 10.4 Å². The molecule has 76 valence electrons. The van der Waals surface area contributed by atoms with Crippen LogP contribution in [0.5, 0.6) is 0 Å². The summed E-state index contributed by atoms with van der Waals surface area (Å²) in [5.74, 6) is 5.28. The molecule has 0 aliphatic carbocycles. The fraction of sp³-hybridized carbons (Fsp3) is 0. The highest BCUT2D eigenvalue weighted by Gasteiger charge is 2.06. The van der Waals surface area contributed by atoms with Crippen molar-refractivity contribution in [2.24, 2.45) is 0 Å². The maximum atomic E-state index is 11.6. The van der Waals surface area contributed by atoms with Crippen LogP contribution in [0, 0.1) is 0 Å². The first kappa shape index (κ1) is 9.33. The smallest absolute Gasteiger partial charge is 0.257 e. The Morgan fingerprint density at radius 3 is 2.53 bits per heavy atom. The highest BCUT2D eigenvalue weighted by Crippen LogP contribution is 2.08. The first-order valence-corrected chi connectivity index (χ1v) is 4.55. The number of nitrogens with two attached hydrogens (primary N) is 1. The van der Waals surface area contributed by atoms with E-state index in [0.29, 0.717) is 5.56 Å². The summed E-state index contributed by atoms with van der Waals surface area (Å²) in [6.45, 7) is 0. The fourth-order valence-electron chi connectivity index (χ4n) is 1.27. The number of carbonyl (C=O) groups excluding carboxylic acids is 1. The molecule has 0 bridgehead atoms. The van der Waals surface area contributed by atoms with Gasteiger partial charge in [0, 0.05) is 18.1 Å². The molecule has 0 radical (unpaired) electrons. The Morgan fingerprint density at radius 2 is 1.93 bits per heavy atom. The molecule has 1 aromatic heterocycles. The monoisotopic (exact) mass is 201 g/mol. The SMILES string of the molecule is Nn1ccc(C(=O)Nc2ccccc2)c1. The summed E-state index contributed by atoms with van der Waals surface area (Å²) in [4.78, 5) is 11.6. The first-order valence-electron chi connectivity index (χ1n) is 4.55. The van der Waals surface area contributed by atoms with Crippen LogP contribution in [-0.2, 0) is 0 Å². The zero-order chi connectivity index (χ0) is 10.7. The van der Waals surface area contributed by atoms with Crippen molar-refractivity contribution in [2.75, 3.05) is 11.2 Å². The van der Waals surface area contributed by atoms with Gasteiger partial charge in [-0.3, -0.25) is 9.47 Å². The maximum absolute atomic E-state index is 11.6. The standard InChI is InChI=1S/C11H11N3O/c12-14-7-6-9(8-14)11(15)13-10-4-2-1-3-5-10/h1-8H,12H2,(H,13,15). The molecule has 0 spiro atoms. The van der Waals surface area contributed by atoms with Crippen molar-refractivity contribution >= 4 is 11.6 Å². The van der Waals surface area contributed by atoms with E-state index < -0.39 is 0 Å². The van der Waals surface area contributed by atoms with E-state index in [-0.39, 0.29) is 5.91 Å². The number of amides is 1. The van der Waals surface area contributed by atoms with Crippen LogP contribution in [0.4, 0.5) is 5.69 Å². The van der Waals surface area contributed by atoms with Gasteiger partial charge in [0.1, 0.15) is 0 Å². The van der Waals surface area contributed by atoms with Gasteiger partial charge in [-0.05, 0) is 18.2 Å². The summed E-state index contributed by atoms with van der Waals surface area (Å²) < 4.78 is 1.35. The molecule has 2 aromatic rings. The van der Waals surface area contributed by atoms with E-state index in [1.165, 1.54) is 4.68 Å². The third kappa shape index (κ3) is 2.17. The molecule has 1 heterocycles.